The third-order valence-corrected chi connectivity index (χ3v) is 0. The fourth-order valence-electron chi connectivity index (χ4n) is 0. The number of rotatable bonds is 0. The van der Waals surface area contributed by atoms with Crippen molar-refractivity contribution in [2.75, 3.05) is 0 Å². The molecule has 0 heterocycles. The van der Waals surface area contributed by atoms with E-state index < -0.39 is 0 Å². The van der Waals surface area contributed by atoms with E-state index in [0.717, 1.165) is 0 Å². The summed E-state index contributed by atoms with van der Waals surface area (Å²) in [5.41, 5.74) is 0. The van der Waals surface area contributed by atoms with Crippen LogP contribution in [0.2, 0.25) is 0 Å². The molecule has 0 amide bonds. The molecule has 484 valence electrons. The van der Waals surface area contributed by atoms with E-state index in [2.05, 4.69) is 0 Å². The molecule has 0 saturated carbocycles. The number of hydrogen-bond acceptors (Lipinski definition) is 0. The molecular weight excluding hydrogens is 1000 g/mol. The zero-order valence-electron chi connectivity index (χ0n) is 30.0. The molecule has 0 spiro atoms. The fourth-order valence-corrected chi connectivity index (χ4v) is 0. The van der Waals surface area contributed by atoms with Crippen LogP contribution >= 0.6 is 0 Å². The van der Waals surface area contributed by atoms with Crippen molar-refractivity contribution in [2.24, 2.45) is 0 Å². The molecule has 0 atom stereocenters. The fraction of sp³-hybridized carbons (Fsp3) is 0. The Kier molecular flexibility index (Phi) is 396000000. The monoisotopic (exact) mass is 1120 g/mol. The molecule has 0 aromatic heterocycles. The molecule has 0 unspecified atom stereocenters. The Labute approximate surface area is 366 Å². The van der Waals surface area contributed by atoms with Crippen LogP contribution in [0.25, 0.3) is 0 Å². The van der Waals surface area contributed by atoms with Crippen molar-refractivity contribution in [3.63, 3.8) is 0 Å². The van der Waals surface area contributed by atoms with Crippen LogP contribution in [0.5, 0.6) is 0 Å². The van der Waals surface area contributed by atoms with Crippen LogP contribution in [0.3, 0.4) is 0 Å². The van der Waals surface area contributed by atoms with Gasteiger partial charge in [0.05, 0.1) is 0 Å². The van der Waals surface area contributed by atoms with Gasteiger partial charge < -0.3 is 329 Å². The Hall–Kier alpha value is -1.14. The minimum absolute atomic E-state index is 0. The van der Waals surface area contributed by atoms with Crippen molar-refractivity contribution in [3.8, 4) is 0 Å². The van der Waals surface area contributed by atoms with E-state index in [-0.39, 0.29) is 366 Å². The number of hydrogen-bond donors (Lipinski definition) is 0. The van der Waals surface area contributed by atoms with Gasteiger partial charge in [-0.2, -0.15) is 0 Å². The first-order valence-corrected chi connectivity index (χ1v) is 0. The predicted molar refractivity (Wildman–Crippen MR) is 225 cm³/mol. The summed E-state index contributed by atoms with van der Waals surface area (Å²) in [6.45, 7) is 0. The van der Waals surface area contributed by atoms with E-state index in [0.29, 0.717) is 0 Å². The van der Waals surface area contributed by atoms with E-state index in [4.69, 9.17) is 0 Å². The summed E-state index contributed by atoms with van der Waals surface area (Å²) in [5.74, 6) is 0. The SMILES string of the molecule is O.O.O.O.O.O.O.O.O.O.O.O.O.O.O.O.O.O.O.O.O.O.O.O.O.O.O.O.O.O.O.O.O.O.O.O.O.O.O.O.O.O.O.O.O.O.O.O.O.O.O.O.O.O.O.O.O.O.O.O.[CaH2]. The second kappa shape index (κ2) is 152000. The predicted octanol–water partition coefficient (Wildman–Crippen LogP) is -50.4. The Balaban J connectivity index is 0. The molecule has 0 aliphatic heterocycles. The van der Waals surface area contributed by atoms with Crippen molar-refractivity contribution in [2.45, 2.75) is 0 Å². The van der Waals surface area contributed by atoms with Gasteiger partial charge in [0.2, 0.25) is 0 Å². The second-order valence-corrected chi connectivity index (χ2v) is 0. The zero-order valence-corrected chi connectivity index (χ0v) is 30.0. The van der Waals surface area contributed by atoms with E-state index in [9.17, 15) is 0 Å². The molecule has 0 aromatic carbocycles. The molecular formula is H122CaO60. The molecule has 0 rings (SSSR count). The molecule has 120 N–H and O–H groups in total. The first-order chi connectivity index (χ1) is 0. The van der Waals surface area contributed by atoms with Crippen LogP contribution in [0.15, 0.2) is 0 Å². The van der Waals surface area contributed by atoms with Gasteiger partial charge in [-0.3, -0.25) is 0 Å². The Morgan fingerprint density at radius 3 is 0.0328 bits per heavy atom. The maximum atomic E-state index is 0. The summed E-state index contributed by atoms with van der Waals surface area (Å²) in [5, 5.41) is 0. The van der Waals surface area contributed by atoms with Crippen LogP contribution in [0.1, 0.15) is 0 Å². The minimum atomic E-state index is 0. The van der Waals surface area contributed by atoms with Gasteiger partial charge in [0.25, 0.3) is 0 Å². The van der Waals surface area contributed by atoms with Crippen LogP contribution in [0, 0.1) is 0 Å². The van der Waals surface area contributed by atoms with Crippen molar-refractivity contribution < 1.29 is 329 Å². The standard InChI is InChI=1S/Ca.60H2O.2H/h;60*1H2;;. The Morgan fingerprint density at radius 2 is 0.0328 bits per heavy atom. The van der Waals surface area contributed by atoms with E-state index in [1.165, 1.54) is 0 Å². The molecule has 0 bridgehead atoms. The first kappa shape index (κ1) is 160000. The van der Waals surface area contributed by atoms with E-state index in [1.54, 1.807) is 0 Å². The van der Waals surface area contributed by atoms with Gasteiger partial charge in [0.1, 0.15) is 0 Å². The molecule has 0 saturated heterocycles. The van der Waals surface area contributed by atoms with Crippen LogP contribution < -0.4 is 0 Å². The van der Waals surface area contributed by atoms with Gasteiger partial charge in [-0.1, -0.05) is 0 Å². The summed E-state index contributed by atoms with van der Waals surface area (Å²) >= 11 is 0. The van der Waals surface area contributed by atoms with E-state index >= 15 is 0 Å². The van der Waals surface area contributed by atoms with Gasteiger partial charge in [0, 0.05) is 0 Å². The van der Waals surface area contributed by atoms with Gasteiger partial charge in [0.15, 0.2) is 0 Å². The van der Waals surface area contributed by atoms with Gasteiger partial charge in [-0.25, -0.2) is 0 Å². The maximum absolute atomic E-state index is 0. The first-order valence-electron chi connectivity index (χ1n) is 0. The Morgan fingerprint density at radius 1 is 0.0328 bits per heavy atom. The normalized spacial score (nSPS) is 0. The summed E-state index contributed by atoms with van der Waals surface area (Å²) in [6, 6.07) is 0. The third-order valence-electron chi connectivity index (χ3n) is 0. The third kappa shape index (κ3) is 146000. The summed E-state index contributed by atoms with van der Waals surface area (Å²) in [4.78, 5) is 0. The topological polar surface area (TPSA) is 1890 Å². The molecule has 0 aromatic rings. The van der Waals surface area contributed by atoms with Gasteiger partial charge >= 0.3 is 37.7 Å². The van der Waals surface area contributed by atoms with Gasteiger partial charge in [-0.05, 0) is 0 Å². The summed E-state index contributed by atoms with van der Waals surface area (Å²) < 4.78 is 0. The molecule has 61 heteroatoms. The molecule has 0 aliphatic carbocycles. The van der Waals surface area contributed by atoms with Crippen molar-refractivity contribution in [3.05, 3.63) is 0 Å². The Bertz CT molecular complexity index is 7.36. The molecule has 0 radical (unpaired) electrons. The molecule has 61 heavy (non-hydrogen) atoms. The average Bonchev–Trinajstić information content (AvgIpc) is 0. The summed E-state index contributed by atoms with van der Waals surface area (Å²) in [7, 11) is 0. The van der Waals surface area contributed by atoms with Gasteiger partial charge in [-0.15, -0.1) is 0 Å². The van der Waals surface area contributed by atoms with Crippen molar-refractivity contribution >= 4 is 37.7 Å². The van der Waals surface area contributed by atoms with Crippen LogP contribution in [-0.2, 0) is 0 Å². The average molecular weight is 1120 g/mol. The molecule has 0 fully saturated rings. The molecule has 0 aliphatic rings. The van der Waals surface area contributed by atoms with Crippen LogP contribution in [0.4, 0.5) is 0 Å². The second-order valence-electron chi connectivity index (χ2n) is 0. The quantitative estimate of drug-likeness (QED) is 0.204. The molecule has 60 nitrogen and oxygen atoms in total. The summed E-state index contributed by atoms with van der Waals surface area (Å²) in [6.07, 6.45) is 0. The van der Waals surface area contributed by atoms with Crippen molar-refractivity contribution in [1.29, 1.82) is 0 Å². The zero-order chi connectivity index (χ0) is 0. The van der Waals surface area contributed by atoms with Crippen molar-refractivity contribution in [1.82, 2.24) is 0 Å². The van der Waals surface area contributed by atoms with Crippen LogP contribution in [-0.4, -0.2) is 366 Å². The van der Waals surface area contributed by atoms with E-state index in [1.807, 2.05) is 0 Å².